The van der Waals surface area contributed by atoms with E-state index >= 15 is 0 Å². The van der Waals surface area contributed by atoms with Crippen molar-refractivity contribution in [1.82, 2.24) is 14.5 Å². The van der Waals surface area contributed by atoms with Gasteiger partial charge in [0, 0.05) is 12.6 Å². The SMILES string of the molecule is CC(C)(O)OC1(C)CC(n2ccc3c(N)ncnc32)OC1COc1ccccc1. The van der Waals surface area contributed by atoms with Gasteiger partial charge in [-0.2, -0.15) is 0 Å². The molecule has 2 aromatic heterocycles. The summed E-state index contributed by atoms with van der Waals surface area (Å²) in [6.45, 7) is 5.43. The van der Waals surface area contributed by atoms with Gasteiger partial charge in [0.1, 0.15) is 48.1 Å². The van der Waals surface area contributed by atoms with Crippen LogP contribution in [0.5, 0.6) is 5.75 Å². The highest BCUT2D eigenvalue weighted by Gasteiger charge is 2.50. The molecule has 4 rings (SSSR count). The van der Waals surface area contributed by atoms with Gasteiger partial charge in [0.15, 0.2) is 5.79 Å². The molecule has 154 valence electrons. The minimum absolute atomic E-state index is 0.281. The Bertz CT molecular complexity index is 985. The summed E-state index contributed by atoms with van der Waals surface area (Å²) in [4.78, 5) is 8.40. The summed E-state index contributed by atoms with van der Waals surface area (Å²) in [6.07, 6.45) is 3.07. The Hall–Kier alpha value is -2.68. The molecule has 29 heavy (non-hydrogen) atoms. The van der Waals surface area contributed by atoms with E-state index in [2.05, 4.69) is 9.97 Å². The van der Waals surface area contributed by atoms with Gasteiger partial charge in [-0.05, 0) is 39.0 Å². The maximum Gasteiger partial charge on any atom is 0.160 e. The van der Waals surface area contributed by atoms with Gasteiger partial charge in [-0.25, -0.2) is 9.97 Å². The van der Waals surface area contributed by atoms with Crippen LogP contribution in [0.2, 0.25) is 0 Å². The van der Waals surface area contributed by atoms with Crippen LogP contribution in [0.1, 0.15) is 33.4 Å². The summed E-state index contributed by atoms with van der Waals surface area (Å²) in [5.74, 6) is -0.146. The summed E-state index contributed by atoms with van der Waals surface area (Å²) in [6, 6.07) is 11.4. The van der Waals surface area contributed by atoms with Crippen molar-refractivity contribution in [2.45, 2.75) is 50.9 Å². The normalized spacial score (nSPS) is 24.8. The molecule has 3 atom stereocenters. The molecule has 1 aliphatic rings. The molecule has 3 N–H and O–H groups in total. The molecule has 0 radical (unpaired) electrons. The number of aliphatic hydroxyl groups is 1. The van der Waals surface area contributed by atoms with Gasteiger partial charge in [-0.3, -0.25) is 0 Å². The molecule has 3 unspecified atom stereocenters. The van der Waals surface area contributed by atoms with E-state index in [9.17, 15) is 5.11 Å². The van der Waals surface area contributed by atoms with Gasteiger partial charge in [0.25, 0.3) is 0 Å². The minimum Gasteiger partial charge on any atom is -0.491 e. The number of fused-ring (bicyclic) bond motifs is 1. The van der Waals surface area contributed by atoms with Gasteiger partial charge >= 0.3 is 0 Å². The van der Waals surface area contributed by atoms with Crippen molar-refractivity contribution < 1.29 is 19.3 Å². The maximum atomic E-state index is 10.3. The number of hydrogen-bond donors (Lipinski definition) is 2. The number of anilines is 1. The van der Waals surface area contributed by atoms with Crippen LogP contribution >= 0.6 is 0 Å². The highest BCUT2D eigenvalue weighted by Crippen LogP contribution is 2.42. The fourth-order valence-electron chi connectivity index (χ4n) is 3.83. The molecule has 0 bridgehead atoms. The number of nitrogen functional groups attached to an aromatic ring is 1. The Kier molecular flexibility index (Phi) is 4.94. The van der Waals surface area contributed by atoms with E-state index in [0.29, 0.717) is 17.9 Å². The third-order valence-corrected chi connectivity index (χ3v) is 5.06. The lowest BCUT2D eigenvalue weighted by atomic mass is 9.96. The molecule has 0 aliphatic carbocycles. The van der Waals surface area contributed by atoms with Crippen molar-refractivity contribution in [3.05, 3.63) is 48.9 Å². The number of nitrogens with two attached hydrogens (primary N) is 1. The standard InChI is InChI=1S/C21H26N4O4/c1-20(2,26)29-21(3)11-17(25-10-9-15-18(22)23-13-24-19(15)25)28-16(21)12-27-14-7-5-4-6-8-14/h4-10,13,16-17,26H,11-12H2,1-3H3,(H2,22,23,24). The van der Waals surface area contributed by atoms with Crippen LogP contribution in [0.3, 0.4) is 0 Å². The summed E-state index contributed by atoms with van der Waals surface area (Å²) >= 11 is 0. The predicted molar refractivity (Wildman–Crippen MR) is 108 cm³/mol. The van der Waals surface area contributed by atoms with Crippen LogP contribution in [0.4, 0.5) is 5.82 Å². The lowest BCUT2D eigenvalue weighted by Gasteiger charge is -2.35. The van der Waals surface area contributed by atoms with E-state index in [4.69, 9.17) is 19.9 Å². The first-order valence-electron chi connectivity index (χ1n) is 9.58. The summed E-state index contributed by atoms with van der Waals surface area (Å²) in [5, 5.41) is 11.1. The predicted octanol–water partition coefficient (Wildman–Crippen LogP) is 2.88. The minimum atomic E-state index is -1.32. The molecule has 8 nitrogen and oxygen atoms in total. The van der Waals surface area contributed by atoms with Crippen molar-refractivity contribution >= 4 is 16.9 Å². The van der Waals surface area contributed by atoms with E-state index in [1.54, 1.807) is 13.8 Å². The zero-order valence-corrected chi connectivity index (χ0v) is 16.8. The summed E-state index contributed by atoms with van der Waals surface area (Å²) in [7, 11) is 0. The van der Waals surface area contributed by atoms with Gasteiger partial charge < -0.3 is 29.6 Å². The lowest BCUT2D eigenvalue weighted by Crippen LogP contribution is -2.47. The lowest BCUT2D eigenvalue weighted by molar-refractivity contribution is -0.253. The van der Waals surface area contributed by atoms with Crippen LogP contribution in [-0.4, -0.2) is 43.7 Å². The van der Waals surface area contributed by atoms with Gasteiger partial charge in [-0.15, -0.1) is 0 Å². The number of hydrogen-bond acceptors (Lipinski definition) is 7. The number of rotatable bonds is 6. The molecular formula is C21H26N4O4. The molecular weight excluding hydrogens is 372 g/mol. The Morgan fingerprint density at radius 2 is 2.03 bits per heavy atom. The number of nitrogens with zero attached hydrogens (tertiary/aromatic N) is 3. The summed E-state index contributed by atoms with van der Waals surface area (Å²) in [5.41, 5.74) is 5.88. The third-order valence-electron chi connectivity index (χ3n) is 5.06. The van der Waals surface area contributed by atoms with Crippen molar-refractivity contribution in [2.75, 3.05) is 12.3 Å². The number of benzene rings is 1. The first kappa shape index (κ1) is 19.6. The fraction of sp³-hybridized carbons (Fsp3) is 0.429. The van der Waals surface area contributed by atoms with Crippen LogP contribution in [0.15, 0.2) is 48.9 Å². The van der Waals surface area contributed by atoms with Gasteiger partial charge in [-0.1, -0.05) is 18.2 Å². The number of aromatic nitrogens is 3. The van der Waals surface area contributed by atoms with E-state index in [1.807, 2.05) is 54.1 Å². The Morgan fingerprint density at radius 1 is 1.28 bits per heavy atom. The highest BCUT2D eigenvalue weighted by molar-refractivity contribution is 5.86. The number of para-hydroxylation sites is 1. The average Bonchev–Trinajstić information content (AvgIpc) is 3.21. The molecule has 1 fully saturated rings. The van der Waals surface area contributed by atoms with Crippen LogP contribution in [0.25, 0.3) is 11.0 Å². The van der Waals surface area contributed by atoms with Gasteiger partial charge in [0.2, 0.25) is 0 Å². The van der Waals surface area contributed by atoms with Crippen molar-refractivity contribution in [2.24, 2.45) is 0 Å². The highest BCUT2D eigenvalue weighted by atomic mass is 16.7. The van der Waals surface area contributed by atoms with Gasteiger partial charge in [0.05, 0.1) is 5.39 Å². The fourth-order valence-corrected chi connectivity index (χ4v) is 3.83. The average molecular weight is 398 g/mol. The first-order valence-corrected chi connectivity index (χ1v) is 9.58. The largest absolute Gasteiger partial charge is 0.491 e. The molecule has 1 aromatic carbocycles. The van der Waals surface area contributed by atoms with E-state index in [-0.39, 0.29) is 12.8 Å². The second kappa shape index (κ2) is 7.29. The second-order valence-corrected chi connectivity index (χ2v) is 7.99. The maximum absolute atomic E-state index is 10.3. The van der Waals surface area contributed by atoms with Crippen molar-refractivity contribution in [1.29, 1.82) is 0 Å². The molecule has 0 amide bonds. The van der Waals surface area contributed by atoms with E-state index in [1.165, 1.54) is 6.33 Å². The molecule has 8 heteroatoms. The van der Waals surface area contributed by atoms with Crippen molar-refractivity contribution in [3.8, 4) is 5.75 Å². The van der Waals surface area contributed by atoms with E-state index < -0.39 is 17.5 Å². The third kappa shape index (κ3) is 4.05. The summed E-state index contributed by atoms with van der Waals surface area (Å²) < 4.78 is 20.2. The first-order chi connectivity index (χ1) is 13.8. The second-order valence-electron chi connectivity index (χ2n) is 7.99. The van der Waals surface area contributed by atoms with E-state index in [0.717, 1.165) is 11.1 Å². The van der Waals surface area contributed by atoms with Crippen LogP contribution < -0.4 is 10.5 Å². The topological polar surface area (TPSA) is 105 Å². The quantitative estimate of drug-likeness (QED) is 0.615. The Labute approximate surface area is 169 Å². The molecule has 0 saturated carbocycles. The molecule has 3 aromatic rings. The van der Waals surface area contributed by atoms with Crippen LogP contribution in [-0.2, 0) is 9.47 Å². The number of ether oxygens (including phenoxy) is 3. The molecule has 1 aliphatic heterocycles. The zero-order chi connectivity index (χ0) is 20.6. The molecule has 3 heterocycles. The zero-order valence-electron chi connectivity index (χ0n) is 16.8. The monoisotopic (exact) mass is 398 g/mol. The van der Waals surface area contributed by atoms with Crippen molar-refractivity contribution in [3.63, 3.8) is 0 Å². The Morgan fingerprint density at radius 3 is 2.76 bits per heavy atom. The molecule has 0 spiro atoms. The van der Waals surface area contributed by atoms with Crippen LogP contribution in [0, 0.1) is 0 Å². The Balaban J connectivity index is 1.61. The molecule has 1 saturated heterocycles. The smallest absolute Gasteiger partial charge is 0.160 e.